The summed E-state index contributed by atoms with van der Waals surface area (Å²) in [5, 5.41) is 8.78. The zero-order valence-electron chi connectivity index (χ0n) is 28.4. The van der Waals surface area contributed by atoms with E-state index >= 15 is 0 Å². The summed E-state index contributed by atoms with van der Waals surface area (Å²) in [7, 11) is 4.27. The number of benzene rings is 3. The maximum absolute atomic E-state index is 13.7. The first-order valence-electron chi connectivity index (χ1n) is 15.7. The molecule has 1 aliphatic rings. The van der Waals surface area contributed by atoms with E-state index in [2.05, 4.69) is 16.0 Å². The van der Waals surface area contributed by atoms with Gasteiger partial charge in [0.1, 0.15) is 10.7 Å². The van der Waals surface area contributed by atoms with Gasteiger partial charge in [-0.3, -0.25) is 19.2 Å². The number of para-hydroxylation sites is 1. The number of thioether (sulfide) groups is 1. The molecule has 14 heteroatoms. The number of ether oxygens (including phenoxy) is 3. The van der Waals surface area contributed by atoms with Gasteiger partial charge in [0, 0.05) is 40.1 Å². The molecule has 2 heterocycles. The molecule has 264 valence electrons. The average Bonchev–Trinajstić information content (AvgIpc) is 3.50. The van der Waals surface area contributed by atoms with Gasteiger partial charge in [-0.05, 0) is 54.5 Å². The Balaban J connectivity index is 1.30. The first-order chi connectivity index (χ1) is 24.6. The lowest BCUT2D eigenvalue weighted by molar-refractivity contribution is -0.129. The van der Waals surface area contributed by atoms with Crippen LogP contribution in [-0.4, -0.2) is 68.1 Å². The third-order valence-electron chi connectivity index (χ3n) is 7.87. The van der Waals surface area contributed by atoms with Crippen molar-refractivity contribution >= 4 is 69.5 Å². The van der Waals surface area contributed by atoms with Crippen LogP contribution >= 0.6 is 23.1 Å². The van der Waals surface area contributed by atoms with Crippen LogP contribution < -0.4 is 25.4 Å². The Labute approximate surface area is 303 Å². The number of rotatable bonds is 12. The second-order valence-corrected chi connectivity index (χ2v) is 13.3. The minimum Gasteiger partial charge on any atom is -0.493 e. The summed E-state index contributed by atoms with van der Waals surface area (Å²) < 4.78 is 15.9. The highest BCUT2D eigenvalue weighted by molar-refractivity contribution is 8.00. The fourth-order valence-corrected chi connectivity index (χ4v) is 7.40. The lowest BCUT2D eigenvalue weighted by Gasteiger charge is -2.25. The minimum atomic E-state index is -0.593. The monoisotopic (exact) mass is 728 g/mol. The first kappa shape index (κ1) is 36.7. The Hall–Kier alpha value is -5.60. The van der Waals surface area contributed by atoms with Gasteiger partial charge in [0.15, 0.2) is 11.5 Å². The highest BCUT2D eigenvalue weighted by atomic mass is 32.2. The zero-order valence-corrected chi connectivity index (χ0v) is 30.0. The predicted octanol–water partition coefficient (Wildman–Crippen LogP) is 5.60. The number of hydrogen-bond acceptors (Lipinski definition) is 10. The molecule has 3 N–H and O–H groups in total. The van der Waals surface area contributed by atoms with Crippen LogP contribution in [0.2, 0.25) is 0 Å². The van der Waals surface area contributed by atoms with E-state index in [1.165, 1.54) is 57.4 Å². The molecule has 0 radical (unpaired) electrons. The number of thiophene rings is 1. The van der Waals surface area contributed by atoms with Crippen molar-refractivity contribution in [2.24, 2.45) is 0 Å². The van der Waals surface area contributed by atoms with Crippen molar-refractivity contribution in [2.75, 3.05) is 44.3 Å². The Morgan fingerprint density at radius 2 is 1.69 bits per heavy atom. The molecule has 1 aliphatic heterocycles. The first-order valence-corrected chi connectivity index (χ1v) is 17.5. The number of nitrogens with zero attached hydrogens (tertiary/aromatic N) is 1. The summed E-state index contributed by atoms with van der Waals surface area (Å²) in [6, 6.07) is 20.6. The third-order valence-corrected chi connectivity index (χ3v) is 9.99. The normalized spacial score (nSPS) is 12.3. The second-order valence-electron chi connectivity index (χ2n) is 11.2. The molecule has 4 aromatic rings. The minimum absolute atomic E-state index is 0.00801. The van der Waals surface area contributed by atoms with Gasteiger partial charge in [-0.15, -0.1) is 23.1 Å². The number of nitrogens with one attached hydrogen (secondary N) is 3. The molecule has 0 unspecified atom stereocenters. The van der Waals surface area contributed by atoms with E-state index in [4.69, 9.17) is 14.2 Å². The fourth-order valence-electron chi connectivity index (χ4n) is 5.38. The summed E-state index contributed by atoms with van der Waals surface area (Å²) in [6.45, 7) is 2.34. The molecule has 12 nitrogen and oxygen atoms in total. The number of carbonyl (C=O) groups is 5. The summed E-state index contributed by atoms with van der Waals surface area (Å²) in [5.74, 6) is -1.18. The van der Waals surface area contributed by atoms with E-state index < -0.39 is 17.8 Å². The van der Waals surface area contributed by atoms with E-state index in [0.717, 1.165) is 10.4 Å². The molecule has 0 bridgehead atoms. The standard InChI is InChI=1S/C37H36N4O8S2/c1-22(42)41-17-16-27-30(20-41)51-36(32(27)37(46)49-4)40-31(43)21-50-26-14-9-13-25(19-26)38-35(45)28(39-34(44)23-10-6-5-7-11-23)18-24-12-8-15-29(47-2)33(24)48-3/h5-15,18-19H,16-17,20-21H2,1-4H3,(H,38,45)(H,39,44)(H,40,43)/b28-18+. The van der Waals surface area contributed by atoms with Gasteiger partial charge in [0.05, 0.1) is 39.2 Å². The van der Waals surface area contributed by atoms with Crippen LogP contribution in [0.1, 0.15) is 43.6 Å². The number of esters is 1. The second kappa shape index (κ2) is 16.9. The molecular formula is C37H36N4O8S2. The number of anilines is 2. The average molecular weight is 729 g/mol. The Morgan fingerprint density at radius 1 is 0.922 bits per heavy atom. The molecule has 0 saturated heterocycles. The Bertz CT molecular complexity index is 1990. The van der Waals surface area contributed by atoms with Gasteiger partial charge in [-0.2, -0.15) is 0 Å². The summed E-state index contributed by atoms with van der Waals surface area (Å²) >= 11 is 2.50. The van der Waals surface area contributed by atoms with Crippen molar-refractivity contribution in [1.29, 1.82) is 0 Å². The Kier molecular flexibility index (Phi) is 12.1. The fraction of sp³-hybridized carbons (Fsp3) is 0.216. The molecule has 0 fully saturated rings. The van der Waals surface area contributed by atoms with Gasteiger partial charge in [0.25, 0.3) is 11.8 Å². The van der Waals surface area contributed by atoms with E-state index in [0.29, 0.717) is 63.3 Å². The van der Waals surface area contributed by atoms with Gasteiger partial charge in [-0.25, -0.2) is 4.79 Å². The molecule has 5 rings (SSSR count). The van der Waals surface area contributed by atoms with Crippen LogP contribution in [0.5, 0.6) is 11.5 Å². The van der Waals surface area contributed by atoms with Crippen molar-refractivity contribution < 1.29 is 38.2 Å². The maximum atomic E-state index is 13.7. The number of methoxy groups -OCH3 is 3. The van der Waals surface area contributed by atoms with Crippen molar-refractivity contribution in [1.82, 2.24) is 10.2 Å². The van der Waals surface area contributed by atoms with Crippen LogP contribution in [0.3, 0.4) is 0 Å². The Morgan fingerprint density at radius 3 is 2.39 bits per heavy atom. The quantitative estimate of drug-likeness (QED) is 0.0963. The van der Waals surface area contributed by atoms with Gasteiger partial charge < -0.3 is 35.1 Å². The van der Waals surface area contributed by atoms with Crippen molar-refractivity contribution in [2.45, 2.75) is 24.8 Å². The van der Waals surface area contributed by atoms with E-state index in [1.54, 1.807) is 77.7 Å². The molecule has 4 amide bonds. The molecule has 0 spiro atoms. The van der Waals surface area contributed by atoms with E-state index in [-0.39, 0.29) is 23.3 Å². The largest absolute Gasteiger partial charge is 0.493 e. The molecule has 3 aromatic carbocycles. The van der Waals surface area contributed by atoms with Gasteiger partial charge in [-0.1, -0.05) is 36.4 Å². The van der Waals surface area contributed by atoms with Crippen LogP contribution in [-0.2, 0) is 32.1 Å². The lowest BCUT2D eigenvalue weighted by atomic mass is 10.0. The molecule has 51 heavy (non-hydrogen) atoms. The number of fused-ring (bicyclic) bond motifs is 1. The third kappa shape index (κ3) is 8.96. The topological polar surface area (TPSA) is 152 Å². The molecule has 0 saturated carbocycles. The SMILES string of the molecule is COC(=O)c1c(NC(=O)CSc2cccc(NC(=O)/C(=C\c3cccc(OC)c3OC)NC(=O)c3ccccc3)c2)sc2c1CCN(C(C)=O)C2. The summed E-state index contributed by atoms with van der Waals surface area (Å²) in [4.78, 5) is 67.7. The zero-order chi connectivity index (χ0) is 36.5. The van der Waals surface area contributed by atoms with Crippen LogP contribution in [0, 0.1) is 0 Å². The molecule has 0 aliphatic carbocycles. The van der Waals surface area contributed by atoms with Crippen molar-refractivity contribution in [3.63, 3.8) is 0 Å². The van der Waals surface area contributed by atoms with Crippen LogP contribution in [0.15, 0.2) is 83.4 Å². The van der Waals surface area contributed by atoms with Crippen LogP contribution in [0.25, 0.3) is 6.08 Å². The van der Waals surface area contributed by atoms with Gasteiger partial charge in [0.2, 0.25) is 11.8 Å². The number of hydrogen-bond donors (Lipinski definition) is 3. The van der Waals surface area contributed by atoms with E-state index in [1.807, 2.05) is 0 Å². The van der Waals surface area contributed by atoms with Crippen molar-refractivity contribution in [3.8, 4) is 11.5 Å². The maximum Gasteiger partial charge on any atom is 0.341 e. The lowest BCUT2D eigenvalue weighted by Crippen LogP contribution is -2.33. The number of amides is 4. The molecular weight excluding hydrogens is 693 g/mol. The highest BCUT2D eigenvalue weighted by Gasteiger charge is 2.30. The molecule has 0 atom stereocenters. The number of carbonyl (C=O) groups excluding carboxylic acids is 5. The van der Waals surface area contributed by atoms with Crippen molar-refractivity contribution in [3.05, 3.63) is 106 Å². The van der Waals surface area contributed by atoms with E-state index in [9.17, 15) is 24.0 Å². The van der Waals surface area contributed by atoms with Gasteiger partial charge >= 0.3 is 5.97 Å². The van der Waals surface area contributed by atoms with Crippen LogP contribution in [0.4, 0.5) is 10.7 Å². The summed E-state index contributed by atoms with van der Waals surface area (Å²) in [6.07, 6.45) is 1.99. The highest BCUT2D eigenvalue weighted by Crippen LogP contribution is 2.38. The predicted molar refractivity (Wildman–Crippen MR) is 196 cm³/mol. The summed E-state index contributed by atoms with van der Waals surface area (Å²) in [5.41, 5.74) is 2.36. The molecule has 1 aromatic heterocycles. The smallest absolute Gasteiger partial charge is 0.341 e.